The summed E-state index contributed by atoms with van der Waals surface area (Å²) in [4.78, 5) is 18.1. The minimum atomic E-state index is -0.915. The number of hydrogen-bond donors (Lipinski definition) is 2. The second kappa shape index (κ2) is 6.89. The minimum Gasteiger partial charge on any atom is -0.389 e. The van der Waals surface area contributed by atoms with Crippen LogP contribution in [-0.2, 0) is 0 Å². The molecule has 0 saturated heterocycles. The molecule has 118 valence electrons. The summed E-state index contributed by atoms with van der Waals surface area (Å²) in [6, 6.07) is 7.35. The molecule has 0 radical (unpaired) electrons. The summed E-state index contributed by atoms with van der Waals surface area (Å²) in [7, 11) is 0. The van der Waals surface area contributed by atoms with E-state index < -0.39 is 5.60 Å². The van der Waals surface area contributed by atoms with E-state index in [-0.39, 0.29) is 12.6 Å². The van der Waals surface area contributed by atoms with E-state index in [9.17, 15) is 9.90 Å². The number of carbonyl (C=O) groups excluding carboxylic acids is 1. The summed E-state index contributed by atoms with van der Waals surface area (Å²) in [5, 5.41) is 15.6. The van der Waals surface area contributed by atoms with E-state index in [1.807, 2.05) is 36.6 Å². The molecule has 2 amide bonds. The Morgan fingerprint density at radius 1 is 1.36 bits per heavy atom. The molecule has 0 aliphatic heterocycles. The number of urea groups is 1. The molecule has 22 heavy (non-hydrogen) atoms. The topological polar surface area (TPSA) is 65.5 Å². The van der Waals surface area contributed by atoms with Crippen LogP contribution in [0.15, 0.2) is 35.8 Å². The summed E-state index contributed by atoms with van der Waals surface area (Å²) < 4.78 is 0. The van der Waals surface area contributed by atoms with E-state index in [2.05, 4.69) is 10.3 Å². The molecule has 0 aliphatic rings. The Kier molecular flexibility index (Phi) is 5.15. The van der Waals surface area contributed by atoms with Crippen molar-refractivity contribution in [2.75, 3.05) is 18.4 Å². The Labute approximate surface area is 134 Å². The first-order chi connectivity index (χ1) is 10.4. The number of hydrogen-bond acceptors (Lipinski definition) is 4. The SMILES string of the molecule is CCN(CC(C)(C)O)C(=O)Nc1ccc(-c2nccs2)cc1. The summed E-state index contributed by atoms with van der Waals surface area (Å²) in [5.41, 5.74) is 0.832. The molecule has 1 aromatic heterocycles. The number of amides is 2. The molecule has 0 fully saturated rings. The third kappa shape index (κ3) is 4.54. The summed E-state index contributed by atoms with van der Waals surface area (Å²) in [5.74, 6) is 0. The summed E-state index contributed by atoms with van der Waals surface area (Å²) >= 11 is 1.58. The summed E-state index contributed by atoms with van der Waals surface area (Å²) in [6.45, 7) is 6.08. The van der Waals surface area contributed by atoms with Crippen molar-refractivity contribution < 1.29 is 9.90 Å². The van der Waals surface area contributed by atoms with Gasteiger partial charge in [0.25, 0.3) is 0 Å². The zero-order valence-electron chi connectivity index (χ0n) is 13.0. The second-order valence-corrected chi connectivity index (χ2v) is 6.57. The number of nitrogens with zero attached hydrogens (tertiary/aromatic N) is 2. The highest BCUT2D eigenvalue weighted by atomic mass is 32.1. The van der Waals surface area contributed by atoms with Crippen LogP contribution in [-0.4, -0.2) is 39.7 Å². The third-order valence-corrected chi connectivity index (χ3v) is 3.88. The largest absolute Gasteiger partial charge is 0.389 e. The first-order valence-electron chi connectivity index (χ1n) is 7.17. The lowest BCUT2D eigenvalue weighted by Crippen LogP contribution is -2.44. The predicted molar refractivity (Wildman–Crippen MR) is 90.1 cm³/mol. The maximum atomic E-state index is 12.2. The number of anilines is 1. The molecule has 0 unspecified atom stereocenters. The molecule has 0 atom stereocenters. The lowest BCUT2D eigenvalue weighted by molar-refractivity contribution is 0.0501. The van der Waals surface area contributed by atoms with Gasteiger partial charge in [0.05, 0.1) is 12.1 Å². The number of aromatic nitrogens is 1. The van der Waals surface area contributed by atoms with Crippen LogP contribution in [0.3, 0.4) is 0 Å². The Balaban J connectivity index is 2.02. The van der Waals surface area contributed by atoms with E-state index in [4.69, 9.17) is 0 Å². The Bertz CT molecular complexity index is 603. The van der Waals surface area contributed by atoms with Crippen molar-refractivity contribution in [2.24, 2.45) is 0 Å². The lowest BCUT2D eigenvalue weighted by Gasteiger charge is -2.28. The number of benzene rings is 1. The fourth-order valence-corrected chi connectivity index (χ4v) is 2.70. The van der Waals surface area contributed by atoms with Crippen LogP contribution in [0.25, 0.3) is 10.6 Å². The van der Waals surface area contributed by atoms with Gasteiger partial charge < -0.3 is 15.3 Å². The van der Waals surface area contributed by atoms with Gasteiger partial charge in [0, 0.05) is 29.4 Å². The van der Waals surface area contributed by atoms with Gasteiger partial charge in [0.2, 0.25) is 0 Å². The maximum absolute atomic E-state index is 12.2. The molecule has 1 heterocycles. The van der Waals surface area contributed by atoms with Crippen LogP contribution in [0.5, 0.6) is 0 Å². The van der Waals surface area contributed by atoms with Crippen molar-refractivity contribution in [3.63, 3.8) is 0 Å². The van der Waals surface area contributed by atoms with Crippen LogP contribution < -0.4 is 5.32 Å². The highest BCUT2D eigenvalue weighted by Crippen LogP contribution is 2.23. The van der Waals surface area contributed by atoms with Gasteiger partial charge in [-0.1, -0.05) is 0 Å². The van der Waals surface area contributed by atoms with Gasteiger partial charge in [0.15, 0.2) is 0 Å². The van der Waals surface area contributed by atoms with Crippen LogP contribution in [0.2, 0.25) is 0 Å². The van der Waals surface area contributed by atoms with Gasteiger partial charge in [-0.3, -0.25) is 0 Å². The quantitative estimate of drug-likeness (QED) is 0.887. The fourth-order valence-electron chi connectivity index (χ4n) is 2.06. The monoisotopic (exact) mass is 319 g/mol. The van der Waals surface area contributed by atoms with Crippen LogP contribution in [0.4, 0.5) is 10.5 Å². The van der Waals surface area contributed by atoms with Gasteiger partial charge in [-0.15, -0.1) is 11.3 Å². The number of nitrogens with one attached hydrogen (secondary N) is 1. The van der Waals surface area contributed by atoms with E-state index in [0.29, 0.717) is 6.54 Å². The fraction of sp³-hybridized carbons (Fsp3) is 0.375. The molecule has 6 heteroatoms. The van der Waals surface area contributed by atoms with E-state index in [0.717, 1.165) is 16.3 Å². The Hall–Kier alpha value is -1.92. The molecule has 0 saturated carbocycles. The Morgan fingerprint density at radius 2 is 2.05 bits per heavy atom. The van der Waals surface area contributed by atoms with Crippen LogP contribution in [0.1, 0.15) is 20.8 Å². The predicted octanol–water partition coefficient (Wildman–Crippen LogP) is 3.43. The molecule has 2 rings (SSSR count). The van der Waals surface area contributed by atoms with Crippen molar-refractivity contribution in [1.29, 1.82) is 0 Å². The molecule has 0 spiro atoms. The van der Waals surface area contributed by atoms with E-state index in [1.165, 1.54) is 0 Å². The van der Waals surface area contributed by atoms with Crippen LogP contribution in [0, 0.1) is 0 Å². The third-order valence-electron chi connectivity index (χ3n) is 3.06. The average Bonchev–Trinajstić information content (AvgIpc) is 2.98. The first-order valence-corrected chi connectivity index (χ1v) is 8.05. The lowest BCUT2D eigenvalue weighted by atomic mass is 10.1. The molecule has 0 aliphatic carbocycles. The van der Waals surface area contributed by atoms with Crippen molar-refractivity contribution in [3.05, 3.63) is 35.8 Å². The molecule has 2 aromatic rings. The molecule has 0 bridgehead atoms. The number of likely N-dealkylation sites (N-methyl/N-ethyl adjacent to an activating group) is 1. The molecule has 2 N–H and O–H groups in total. The number of thiazole rings is 1. The standard InChI is InChI=1S/C16H21N3O2S/c1-4-19(11-16(2,3)21)15(20)18-13-7-5-12(6-8-13)14-17-9-10-22-14/h5-10,21H,4,11H2,1-3H3,(H,18,20). The average molecular weight is 319 g/mol. The zero-order valence-corrected chi connectivity index (χ0v) is 13.9. The number of carbonyl (C=O) groups is 1. The van der Waals surface area contributed by atoms with Gasteiger partial charge in [-0.2, -0.15) is 0 Å². The Morgan fingerprint density at radius 3 is 2.55 bits per heavy atom. The van der Waals surface area contributed by atoms with Crippen molar-refractivity contribution in [2.45, 2.75) is 26.4 Å². The number of aliphatic hydroxyl groups is 1. The van der Waals surface area contributed by atoms with Crippen molar-refractivity contribution >= 4 is 23.1 Å². The molecular formula is C16H21N3O2S. The maximum Gasteiger partial charge on any atom is 0.321 e. The van der Waals surface area contributed by atoms with Gasteiger partial charge >= 0.3 is 6.03 Å². The highest BCUT2D eigenvalue weighted by molar-refractivity contribution is 7.13. The second-order valence-electron chi connectivity index (χ2n) is 5.67. The molecule has 1 aromatic carbocycles. The minimum absolute atomic E-state index is 0.216. The van der Waals surface area contributed by atoms with E-state index in [1.54, 1.807) is 36.3 Å². The van der Waals surface area contributed by atoms with E-state index >= 15 is 0 Å². The number of rotatable bonds is 5. The van der Waals surface area contributed by atoms with Crippen LogP contribution >= 0.6 is 11.3 Å². The van der Waals surface area contributed by atoms with Gasteiger partial charge in [-0.25, -0.2) is 9.78 Å². The van der Waals surface area contributed by atoms with Gasteiger partial charge in [-0.05, 0) is 45.0 Å². The smallest absolute Gasteiger partial charge is 0.321 e. The van der Waals surface area contributed by atoms with Crippen molar-refractivity contribution in [1.82, 2.24) is 9.88 Å². The molecular weight excluding hydrogens is 298 g/mol. The highest BCUT2D eigenvalue weighted by Gasteiger charge is 2.21. The normalized spacial score (nSPS) is 11.3. The zero-order chi connectivity index (χ0) is 16.2. The first kappa shape index (κ1) is 16.5. The molecule has 5 nitrogen and oxygen atoms in total. The van der Waals surface area contributed by atoms with Gasteiger partial charge in [0.1, 0.15) is 5.01 Å². The summed E-state index contributed by atoms with van der Waals surface area (Å²) in [6.07, 6.45) is 1.77. The van der Waals surface area contributed by atoms with Crippen molar-refractivity contribution in [3.8, 4) is 10.6 Å².